The highest BCUT2D eigenvalue weighted by atomic mass is 32.2. The minimum atomic E-state index is -0.0938. The summed E-state index contributed by atoms with van der Waals surface area (Å²) in [6.07, 6.45) is 0.808. The van der Waals surface area contributed by atoms with Crippen LogP contribution in [0.15, 0.2) is 48.5 Å². The Kier molecular flexibility index (Phi) is 8.40. The zero-order valence-electron chi connectivity index (χ0n) is 16.2. The Hall–Kier alpha value is -2.27. The van der Waals surface area contributed by atoms with Crippen LogP contribution in [0.3, 0.4) is 0 Å². The Labute approximate surface area is 166 Å². The molecule has 0 saturated heterocycles. The Morgan fingerprint density at radius 2 is 1.70 bits per heavy atom. The number of amides is 2. The average Bonchev–Trinajstić information content (AvgIpc) is 2.62. The van der Waals surface area contributed by atoms with Crippen molar-refractivity contribution in [3.63, 3.8) is 0 Å². The zero-order valence-corrected chi connectivity index (χ0v) is 17.1. The summed E-state index contributed by atoms with van der Waals surface area (Å²) in [5, 5.41) is 5.75. The molecule has 0 saturated carbocycles. The highest BCUT2D eigenvalue weighted by molar-refractivity contribution is 8.00. The van der Waals surface area contributed by atoms with Crippen LogP contribution in [0, 0.1) is 6.92 Å². The van der Waals surface area contributed by atoms with Gasteiger partial charge in [-0.1, -0.05) is 50.2 Å². The second-order valence-electron chi connectivity index (χ2n) is 6.91. The first-order chi connectivity index (χ1) is 12.9. The van der Waals surface area contributed by atoms with Crippen LogP contribution in [0.4, 0.5) is 5.69 Å². The molecule has 0 aliphatic carbocycles. The van der Waals surface area contributed by atoms with Crippen molar-refractivity contribution in [1.29, 1.82) is 0 Å². The molecule has 0 aliphatic heterocycles. The van der Waals surface area contributed by atoms with Crippen LogP contribution in [-0.2, 0) is 16.0 Å². The van der Waals surface area contributed by atoms with Crippen LogP contribution >= 0.6 is 11.8 Å². The number of benzene rings is 2. The molecule has 2 rings (SSSR count). The van der Waals surface area contributed by atoms with Crippen molar-refractivity contribution in [3.8, 4) is 0 Å². The number of thioether (sulfide) groups is 1. The summed E-state index contributed by atoms with van der Waals surface area (Å²) in [7, 11) is 0. The monoisotopic (exact) mass is 384 g/mol. The second-order valence-corrected chi connectivity index (χ2v) is 7.89. The van der Waals surface area contributed by atoms with Gasteiger partial charge in [0.1, 0.15) is 0 Å². The highest BCUT2D eigenvalue weighted by Gasteiger charge is 2.06. The number of rotatable bonds is 9. The third kappa shape index (κ3) is 7.87. The van der Waals surface area contributed by atoms with Gasteiger partial charge in [-0.3, -0.25) is 9.59 Å². The molecule has 0 heterocycles. The number of nitrogens with one attached hydrogen (secondary N) is 2. The van der Waals surface area contributed by atoms with Gasteiger partial charge in [-0.15, -0.1) is 11.8 Å². The summed E-state index contributed by atoms with van der Waals surface area (Å²) in [6, 6.07) is 16.2. The third-order valence-corrected chi connectivity index (χ3v) is 5.08. The quantitative estimate of drug-likeness (QED) is 0.683. The number of carbonyl (C=O) groups excluding carboxylic acids is 2. The number of hydrogen-bond donors (Lipinski definition) is 2. The van der Waals surface area contributed by atoms with Crippen molar-refractivity contribution in [1.82, 2.24) is 5.32 Å². The van der Waals surface area contributed by atoms with Crippen molar-refractivity contribution < 1.29 is 9.59 Å². The first-order valence-corrected chi connectivity index (χ1v) is 10.4. The Bertz CT molecular complexity index is 757. The third-order valence-electron chi connectivity index (χ3n) is 4.15. The maximum Gasteiger partial charge on any atom is 0.234 e. The smallest absolute Gasteiger partial charge is 0.234 e. The molecule has 0 fully saturated rings. The van der Waals surface area contributed by atoms with Gasteiger partial charge >= 0.3 is 0 Å². The molecule has 2 aromatic carbocycles. The Balaban J connectivity index is 1.61. The predicted molar refractivity (Wildman–Crippen MR) is 114 cm³/mol. The van der Waals surface area contributed by atoms with Gasteiger partial charge in [0.15, 0.2) is 0 Å². The molecule has 2 aromatic rings. The van der Waals surface area contributed by atoms with E-state index < -0.39 is 0 Å². The normalized spacial score (nSPS) is 10.7. The maximum absolute atomic E-state index is 11.9. The lowest BCUT2D eigenvalue weighted by molar-refractivity contribution is -0.118. The first-order valence-electron chi connectivity index (χ1n) is 9.24. The summed E-state index contributed by atoms with van der Waals surface area (Å²) >= 11 is 1.32. The number of aryl methyl sites for hydroxylation is 1. The highest BCUT2D eigenvalue weighted by Crippen LogP contribution is 2.15. The van der Waals surface area contributed by atoms with Crippen LogP contribution in [0.2, 0.25) is 0 Å². The predicted octanol–water partition coefficient (Wildman–Crippen LogP) is 4.15. The van der Waals surface area contributed by atoms with Gasteiger partial charge in [0.05, 0.1) is 11.5 Å². The van der Waals surface area contributed by atoms with Crippen LogP contribution in [-0.4, -0.2) is 29.9 Å². The standard InChI is InChI=1S/C22H28N2O2S/c1-16(2)19-9-7-18(8-10-19)11-12-23-21(25)14-27-15-22(26)24-20-6-4-5-17(3)13-20/h4-10,13,16H,11-12,14-15H2,1-3H3,(H,23,25)(H,24,26). The minimum Gasteiger partial charge on any atom is -0.355 e. The van der Waals surface area contributed by atoms with Crippen LogP contribution in [0.1, 0.15) is 36.5 Å². The number of carbonyl (C=O) groups is 2. The molecule has 0 aromatic heterocycles. The molecule has 0 bridgehead atoms. The summed E-state index contributed by atoms with van der Waals surface area (Å²) in [5.41, 5.74) is 4.42. The van der Waals surface area contributed by atoms with Gasteiger partial charge in [-0.2, -0.15) is 0 Å². The summed E-state index contributed by atoms with van der Waals surface area (Å²) in [5.74, 6) is 0.940. The molecule has 0 radical (unpaired) electrons. The average molecular weight is 385 g/mol. The van der Waals surface area contributed by atoms with Crippen LogP contribution in [0.25, 0.3) is 0 Å². The lowest BCUT2D eigenvalue weighted by Crippen LogP contribution is -2.28. The van der Waals surface area contributed by atoms with Gasteiger partial charge in [0.2, 0.25) is 11.8 Å². The van der Waals surface area contributed by atoms with E-state index in [0.717, 1.165) is 17.7 Å². The van der Waals surface area contributed by atoms with E-state index in [1.807, 2.05) is 31.2 Å². The summed E-state index contributed by atoms with van der Waals surface area (Å²) in [6.45, 7) is 6.94. The fraction of sp³-hybridized carbons (Fsp3) is 0.364. The van der Waals surface area contributed by atoms with E-state index in [9.17, 15) is 9.59 Å². The molecule has 2 N–H and O–H groups in total. The van der Waals surface area contributed by atoms with Crippen molar-refractivity contribution in [3.05, 3.63) is 65.2 Å². The van der Waals surface area contributed by atoms with Crippen molar-refractivity contribution in [2.24, 2.45) is 0 Å². The topological polar surface area (TPSA) is 58.2 Å². The van der Waals surface area contributed by atoms with Crippen molar-refractivity contribution in [2.45, 2.75) is 33.1 Å². The van der Waals surface area contributed by atoms with E-state index in [2.05, 4.69) is 48.7 Å². The van der Waals surface area contributed by atoms with Crippen LogP contribution < -0.4 is 10.6 Å². The Morgan fingerprint density at radius 3 is 2.37 bits per heavy atom. The lowest BCUT2D eigenvalue weighted by Gasteiger charge is -2.08. The molecular formula is C22H28N2O2S. The second kappa shape index (κ2) is 10.8. The SMILES string of the molecule is Cc1cccc(NC(=O)CSCC(=O)NCCc2ccc(C(C)C)cc2)c1. The fourth-order valence-electron chi connectivity index (χ4n) is 2.62. The molecule has 27 heavy (non-hydrogen) atoms. The van der Waals surface area contributed by atoms with Crippen molar-refractivity contribution >= 4 is 29.3 Å². The van der Waals surface area contributed by atoms with E-state index in [1.54, 1.807) is 0 Å². The van der Waals surface area contributed by atoms with Crippen molar-refractivity contribution in [2.75, 3.05) is 23.4 Å². The van der Waals surface area contributed by atoms with Gasteiger partial charge in [-0.05, 0) is 48.1 Å². The minimum absolute atomic E-state index is 0.0397. The van der Waals surface area contributed by atoms with Gasteiger partial charge in [0.25, 0.3) is 0 Å². The van der Waals surface area contributed by atoms with Crippen LogP contribution in [0.5, 0.6) is 0 Å². The van der Waals surface area contributed by atoms with Gasteiger partial charge in [-0.25, -0.2) is 0 Å². The largest absolute Gasteiger partial charge is 0.355 e. The summed E-state index contributed by atoms with van der Waals surface area (Å²) < 4.78 is 0. The number of anilines is 1. The molecule has 4 nitrogen and oxygen atoms in total. The Morgan fingerprint density at radius 1 is 1.00 bits per heavy atom. The maximum atomic E-state index is 11.9. The molecule has 0 unspecified atom stereocenters. The van der Waals surface area contributed by atoms with E-state index in [0.29, 0.717) is 12.5 Å². The number of hydrogen-bond acceptors (Lipinski definition) is 3. The van der Waals surface area contributed by atoms with E-state index in [-0.39, 0.29) is 23.3 Å². The molecule has 144 valence electrons. The first kappa shape index (κ1) is 21.0. The van der Waals surface area contributed by atoms with E-state index in [1.165, 1.54) is 22.9 Å². The lowest BCUT2D eigenvalue weighted by atomic mass is 10.0. The molecule has 0 aliphatic rings. The fourth-order valence-corrected chi connectivity index (χ4v) is 3.27. The molecule has 2 amide bonds. The molecule has 0 spiro atoms. The molecule has 5 heteroatoms. The van der Waals surface area contributed by atoms with Gasteiger partial charge < -0.3 is 10.6 Å². The molecular weight excluding hydrogens is 356 g/mol. The van der Waals surface area contributed by atoms with E-state index >= 15 is 0 Å². The van der Waals surface area contributed by atoms with Gasteiger partial charge in [0, 0.05) is 12.2 Å². The zero-order chi connectivity index (χ0) is 19.6. The summed E-state index contributed by atoms with van der Waals surface area (Å²) in [4.78, 5) is 23.8. The van der Waals surface area contributed by atoms with E-state index in [4.69, 9.17) is 0 Å². The molecule has 0 atom stereocenters.